The van der Waals surface area contributed by atoms with Crippen LogP contribution in [0.4, 0.5) is 5.69 Å². The van der Waals surface area contributed by atoms with E-state index >= 15 is 0 Å². The van der Waals surface area contributed by atoms with E-state index in [1.54, 1.807) is 14.1 Å². The number of nitrogens with two attached hydrogens (primary N) is 1. The van der Waals surface area contributed by atoms with Crippen molar-refractivity contribution in [2.75, 3.05) is 14.1 Å². The van der Waals surface area contributed by atoms with Crippen molar-refractivity contribution in [3.8, 4) is 0 Å². The van der Waals surface area contributed by atoms with Crippen LogP contribution in [0.3, 0.4) is 0 Å². The predicted octanol–water partition coefficient (Wildman–Crippen LogP) is 2.65. The van der Waals surface area contributed by atoms with Crippen LogP contribution in [0.5, 0.6) is 0 Å². The fourth-order valence-electron chi connectivity index (χ4n) is 0.990. The molecule has 0 spiro atoms. The van der Waals surface area contributed by atoms with Gasteiger partial charge < -0.3 is 5.73 Å². The number of halogens is 2. The van der Waals surface area contributed by atoms with Crippen LogP contribution in [0.2, 0.25) is 10.0 Å². The largest absolute Gasteiger partial charge is 0.366 e. The van der Waals surface area contributed by atoms with Gasteiger partial charge in [-0.25, -0.2) is 0 Å². The van der Waals surface area contributed by atoms with Crippen LogP contribution in [-0.2, 0) is 0 Å². The van der Waals surface area contributed by atoms with E-state index in [9.17, 15) is 4.79 Å². The second kappa shape index (κ2) is 5.14. The lowest BCUT2D eigenvalue weighted by Crippen LogP contribution is -2.11. The highest BCUT2D eigenvalue weighted by Gasteiger charge is 2.13. The summed E-state index contributed by atoms with van der Waals surface area (Å²) >= 11 is 11.7. The normalized spacial score (nSPS) is 10.8. The Morgan fingerprint density at radius 2 is 2.00 bits per heavy atom. The van der Waals surface area contributed by atoms with Crippen molar-refractivity contribution in [3.63, 3.8) is 0 Å². The van der Waals surface area contributed by atoms with Gasteiger partial charge in [0, 0.05) is 19.1 Å². The van der Waals surface area contributed by atoms with Crippen LogP contribution in [0.15, 0.2) is 22.5 Å². The average molecular weight is 261 g/mol. The van der Waals surface area contributed by atoms with Crippen molar-refractivity contribution in [2.45, 2.75) is 0 Å². The molecule has 0 heterocycles. The Morgan fingerprint density at radius 1 is 1.38 bits per heavy atom. The van der Waals surface area contributed by atoms with Gasteiger partial charge in [-0.3, -0.25) is 9.80 Å². The summed E-state index contributed by atoms with van der Waals surface area (Å²) in [6.07, 6.45) is 0. The quantitative estimate of drug-likeness (QED) is 0.671. The number of primary amides is 1. The molecule has 0 aliphatic heterocycles. The maximum atomic E-state index is 11.2. The molecule has 0 aliphatic carbocycles. The summed E-state index contributed by atoms with van der Waals surface area (Å²) in [7, 11) is 3.38. The standard InChI is InChI=1S/C9H10Cl2N4O/c1-15(2)14-13-8-6(9(12)16)3-5(10)4-7(8)11/h3-4H,1-2H3,(H2,12,16). The minimum Gasteiger partial charge on any atom is -0.366 e. The topological polar surface area (TPSA) is 71.1 Å². The van der Waals surface area contributed by atoms with Crippen molar-refractivity contribution < 1.29 is 4.79 Å². The van der Waals surface area contributed by atoms with Crippen LogP contribution >= 0.6 is 23.2 Å². The molecule has 0 aromatic heterocycles. The van der Waals surface area contributed by atoms with Gasteiger partial charge in [0.2, 0.25) is 0 Å². The lowest BCUT2D eigenvalue weighted by atomic mass is 10.2. The first-order chi connectivity index (χ1) is 7.41. The van der Waals surface area contributed by atoms with Crippen molar-refractivity contribution in [1.82, 2.24) is 5.01 Å². The van der Waals surface area contributed by atoms with Crippen LogP contribution < -0.4 is 5.73 Å². The summed E-state index contributed by atoms with van der Waals surface area (Å²) in [5.41, 5.74) is 5.54. The Labute approximate surface area is 103 Å². The molecule has 0 saturated carbocycles. The van der Waals surface area contributed by atoms with Crippen LogP contribution in [0, 0.1) is 0 Å². The molecule has 1 aromatic rings. The van der Waals surface area contributed by atoms with Crippen molar-refractivity contribution >= 4 is 34.8 Å². The number of hydrogen-bond donors (Lipinski definition) is 1. The maximum absolute atomic E-state index is 11.2. The van der Waals surface area contributed by atoms with Gasteiger partial charge in [-0.2, -0.15) is 0 Å². The van der Waals surface area contributed by atoms with E-state index in [4.69, 9.17) is 28.9 Å². The van der Waals surface area contributed by atoms with E-state index in [1.165, 1.54) is 17.1 Å². The van der Waals surface area contributed by atoms with Gasteiger partial charge in [0.15, 0.2) is 0 Å². The van der Waals surface area contributed by atoms with E-state index in [0.717, 1.165) is 0 Å². The Bertz CT molecular complexity index is 445. The summed E-state index contributed by atoms with van der Waals surface area (Å²) in [6.45, 7) is 0. The summed E-state index contributed by atoms with van der Waals surface area (Å²) in [5, 5.41) is 9.60. The van der Waals surface area contributed by atoms with E-state index in [0.29, 0.717) is 5.02 Å². The number of carbonyl (C=O) groups is 1. The zero-order valence-electron chi connectivity index (χ0n) is 8.74. The maximum Gasteiger partial charge on any atom is 0.251 e. The fourth-order valence-corrected chi connectivity index (χ4v) is 1.52. The second-order valence-corrected chi connectivity index (χ2v) is 4.03. The highest BCUT2D eigenvalue weighted by molar-refractivity contribution is 6.37. The summed E-state index contributed by atoms with van der Waals surface area (Å²) in [4.78, 5) is 11.2. The molecule has 16 heavy (non-hydrogen) atoms. The molecule has 0 saturated heterocycles. The first-order valence-electron chi connectivity index (χ1n) is 4.29. The highest BCUT2D eigenvalue weighted by Crippen LogP contribution is 2.32. The lowest BCUT2D eigenvalue weighted by Gasteiger charge is -2.06. The lowest BCUT2D eigenvalue weighted by molar-refractivity contribution is 0.100. The molecule has 2 N–H and O–H groups in total. The molecule has 7 heteroatoms. The minimum atomic E-state index is -0.655. The zero-order chi connectivity index (χ0) is 12.3. The Kier molecular flexibility index (Phi) is 4.09. The van der Waals surface area contributed by atoms with Crippen LogP contribution in [-0.4, -0.2) is 25.0 Å². The molecular formula is C9H10Cl2N4O. The molecule has 0 fully saturated rings. The zero-order valence-corrected chi connectivity index (χ0v) is 10.2. The first-order valence-corrected chi connectivity index (χ1v) is 5.05. The predicted molar refractivity (Wildman–Crippen MR) is 63.2 cm³/mol. The number of amides is 1. The molecule has 1 amide bonds. The van der Waals surface area contributed by atoms with Gasteiger partial charge in [-0.1, -0.05) is 28.4 Å². The second-order valence-electron chi connectivity index (χ2n) is 3.18. The van der Waals surface area contributed by atoms with Gasteiger partial charge in [-0.15, -0.1) is 5.11 Å². The van der Waals surface area contributed by atoms with Gasteiger partial charge >= 0.3 is 0 Å². The van der Waals surface area contributed by atoms with Crippen LogP contribution in [0.1, 0.15) is 10.4 Å². The van der Waals surface area contributed by atoms with Crippen molar-refractivity contribution in [1.29, 1.82) is 0 Å². The monoisotopic (exact) mass is 260 g/mol. The molecule has 0 unspecified atom stereocenters. The minimum absolute atomic E-state index is 0.142. The number of hydrogen-bond acceptors (Lipinski definition) is 3. The molecule has 0 bridgehead atoms. The highest BCUT2D eigenvalue weighted by atomic mass is 35.5. The van der Waals surface area contributed by atoms with E-state index in [1.807, 2.05) is 0 Å². The number of rotatable bonds is 3. The molecule has 1 aromatic carbocycles. The van der Waals surface area contributed by atoms with Gasteiger partial charge in [0.05, 0.1) is 10.6 Å². The van der Waals surface area contributed by atoms with Gasteiger partial charge in [-0.05, 0) is 12.1 Å². The molecule has 86 valence electrons. The summed E-state index contributed by atoms with van der Waals surface area (Å²) in [6, 6.07) is 2.87. The molecule has 0 atom stereocenters. The average Bonchev–Trinajstić information content (AvgIpc) is 2.14. The molecule has 0 radical (unpaired) electrons. The molecule has 1 rings (SSSR count). The number of nitrogens with zero attached hydrogens (tertiary/aromatic N) is 3. The van der Waals surface area contributed by atoms with Gasteiger partial charge in [0.1, 0.15) is 5.69 Å². The van der Waals surface area contributed by atoms with Crippen molar-refractivity contribution in [3.05, 3.63) is 27.7 Å². The Balaban J connectivity index is 3.30. The van der Waals surface area contributed by atoms with Gasteiger partial charge in [0.25, 0.3) is 5.91 Å². The molecule has 5 nitrogen and oxygen atoms in total. The third-order valence-corrected chi connectivity index (χ3v) is 2.12. The molecular weight excluding hydrogens is 251 g/mol. The van der Waals surface area contributed by atoms with E-state index in [2.05, 4.69) is 10.3 Å². The third-order valence-electron chi connectivity index (χ3n) is 1.62. The van der Waals surface area contributed by atoms with Crippen molar-refractivity contribution in [2.24, 2.45) is 16.1 Å². The first kappa shape index (κ1) is 12.7. The fraction of sp³-hybridized carbons (Fsp3) is 0.222. The number of benzene rings is 1. The third kappa shape index (κ3) is 3.08. The van der Waals surface area contributed by atoms with Crippen LogP contribution in [0.25, 0.3) is 0 Å². The van der Waals surface area contributed by atoms with E-state index in [-0.39, 0.29) is 16.3 Å². The summed E-state index contributed by atoms with van der Waals surface area (Å²) in [5.74, 6) is -0.655. The SMILES string of the molecule is CN(C)N=Nc1c(Cl)cc(Cl)cc1C(N)=O. The summed E-state index contributed by atoms with van der Waals surface area (Å²) < 4.78 is 0. The number of carbonyl (C=O) groups excluding carboxylic acids is 1. The van der Waals surface area contributed by atoms with E-state index < -0.39 is 5.91 Å². The Hall–Kier alpha value is -1.33. The smallest absolute Gasteiger partial charge is 0.251 e. The Morgan fingerprint density at radius 3 is 2.50 bits per heavy atom. The molecule has 0 aliphatic rings.